The number of carbonyl (C=O) groups is 1. The van der Waals surface area contributed by atoms with Gasteiger partial charge in [-0.3, -0.25) is 0 Å². The molecule has 0 bridgehead atoms. The van der Waals surface area contributed by atoms with Crippen molar-refractivity contribution in [2.45, 2.75) is 85.8 Å². The Hall–Kier alpha value is -0.930. The zero-order valence-electron chi connectivity index (χ0n) is 17.7. The third-order valence-electron chi connectivity index (χ3n) is 5.65. The Morgan fingerprint density at radius 1 is 0.765 bits per heavy atom. The van der Waals surface area contributed by atoms with Crippen molar-refractivity contribution < 1.29 is 79.9 Å². The molecule has 16 heteroatoms. The molecule has 2 fully saturated rings. The molecule has 0 radical (unpaired) electrons. The third kappa shape index (κ3) is 6.25. The first-order valence-electron chi connectivity index (χ1n) is 10.4. The molecule has 14 unspecified atom stereocenters. The summed E-state index contributed by atoms with van der Waals surface area (Å²) >= 11 is 0. The van der Waals surface area contributed by atoms with Gasteiger partial charge in [0.25, 0.3) is 0 Å². The number of hydrogen-bond acceptors (Lipinski definition) is 16. The maximum absolute atomic E-state index is 11.0. The fourth-order valence-electron chi connectivity index (χ4n) is 3.58. The Labute approximate surface area is 192 Å². The monoisotopic (exact) mass is 504 g/mol. The van der Waals surface area contributed by atoms with Crippen LogP contribution < -0.4 is 0 Å². The molecule has 2 heterocycles. The van der Waals surface area contributed by atoms with E-state index in [2.05, 4.69) is 0 Å². The molecule has 2 saturated heterocycles. The van der Waals surface area contributed by atoms with Crippen LogP contribution in [0.15, 0.2) is 0 Å². The molecule has 0 spiro atoms. The Bertz CT molecular complexity index is 623. The Kier molecular flexibility index (Phi) is 11.1. The van der Waals surface area contributed by atoms with Gasteiger partial charge in [0.2, 0.25) is 0 Å². The lowest BCUT2D eigenvalue weighted by atomic mass is 9.96. The van der Waals surface area contributed by atoms with Gasteiger partial charge in [-0.25, -0.2) is 0 Å². The number of aldehydes is 1. The van der Waals surface area contributed by atoms with Crippen LogP contribution in [0.25, 0.3) is 0 Å². The Morgan fingerprint density at radius 3 is 1.85 bits per heavy atom. The molecule has 11 N–H and O–H groups in total. The van der Waals surface area contributed by atoms with Crippen molar-refractivity contribution >= 4 is 6.29 Å². The van der Waals surface area contributed by atoms with Gasteiger partial charge >= 0.3 is 0 Å². The number of aliphatic hydroxyl groups excluding tert-OH is 11. The molecule has 200 valence electrons. The van der Waals surface area contributed by atoms with Crippen molar-refractivity contribution in [3.8, 4) is 0 Å². The van der Waals surface area contributed by atoms with E-state index in [1.54, 1.807) is 0 Å². The summed E-state index contributed by atoms with van der Waals surface area (Å²) in [4.78, 5) is 11.0. The van der Waals surface area contributed by atoms with Crippen molar-refractivity contribution in [3.63, 3.8) is 0 Å². The van der Waals surface area contributed by atoms with Gasteiger partial charge in [-0.1, -0.05) is 0 Å². The van der Waals surface area contributed by atoms with E-state index < -0.39 is 106 Å². The summed E-state index contributed by atoms with van der Waals surface area (Å²) in [7, 11) is 0. The standard InChI is InChI=1S/C18H32O16/c19-1-5(23)9(25)15(6(24)2-20)33-18-14(30)16(11(27)8(4-22)32-18)34-17-13(29)12(28)10(26)7(3-21)31-17/h2,5-19,21-30H,1,3-4H2. The van der Waals surface area contributed by atoms with Crippen LogP contribution in [-0.2, 0) is 23.7 Å². The lowest BCUT2D eigenvalue weighted by Gasteiger charge is -2.46. The zero-order valence-corrected chi connectivity index (χ0v) is 17.7. The predicted octanol–water partition coefficient (Wildman–Crippen LogP) is -7.73. The second-order valence-electron chi connectivity index (χ2n) is 7.97. The first kappa shape index (κ1) is 29.3. The average molecular weight is 504 g/mol. The van der Waals surface area contributed by atoms with Gasteiger partial charge in [-0.15, -0.1) is 0 Å². The van der Waals surface area contributed by atoms with Crippen molar-refractivity contribution in [1.82, 2.24) is 0 Å². The van der Waals surface area contributed by atoms with Crippen molar-refractivity contribution in [3.05, 3.63) is 0 Å². The number of ether oxygens (including phenoxy) is 4. The van der Waals surface area contributed by atoms with Crippen LogP contribution in [-0.4, -0.2) is 168 Å². The largest absolute Gasteiger partial charge is 0.394 e. The van der Waals surface area contributed by atoms with Crippen LogP contribution in [0.4, 0.5) is 0 Å². The van der Waals surface area contributed by atoms with Crippen LogP contribution in [0.1, 0.15) is 0 Å². The van der Waals surface area contributed by atoms with E-state index in [0.29, 0.717) is 0 Å². The van der Waals surface area contributed by atoms with Gasteiger partial charge < -0.3 is 79.9 Å². The maximum Gasteiger partial charge on any atom is 0.187 e. The van der Waals surface area contributed by atoms with Crippen LogP contribution in [0.3, 0.4) is 0 Å². The molecular weight excluding hydrogens is 472 g/mol. The summed E-state index contributed by atoms with van der Waals surface area (Å²) in [5, 5.41) is 108. The van der Waals surface area contributed by atoms with E-state index in [1.807, 2.05) is 0 Å². The second-order valence-corrected chi connectivity index (χ2v) is 7.97. The zero-order chi connectivity index (χ0) is 25.7. The normalized spacial score (nSPS) is 42.6. The van der Waals surface area contributed by atoms with Gasteiger partial charge in [0.1, 0.15) is 73.2 Å². The molecule has 34 heavy (non-hydrogen) atoms. The summed E-state index contributed by atoms with van der Waals surface area (Å²) in [5.74, 6) is 0. The van der Waals surface area contributed by atoms with Crippen molar-refractivity contribution in [2.75, 3.05) is 19.8 Å². The molecule has 2 aliphatic rings. The van der Waals surface area contributed by atoms with Crippen LogP contribution in [0, 0.1) is 0 Å². The highest BCUT2D eigenvalue weighted by molar-refractivity contribution is 5.56. The Morgan fingerprint density at radius 2 is 1.32 bits per heavy atom. The first-order chi connectivity index (χ1) is 16.0. The van der Waals surface area contributed by atoms with E-state index in [4.69, 9.17) is 24.1 Å². The predicted molar refractivity (Wildman–Crippen MR) is 102 cm³/mol. The molecular formula is C18H32O16. The molecule has 16 nitrogen and oxygen atoms in total. The van der Waals surface area contributed by atoms with Gasteiger partial charge in [0.15, 0.2) is 18.9 Å². The smallest absolute Gasteiger partial charge is 0.187 e. The number of carbonyl (C=O) groups excluding carboxylic acids is 1. The third-order valence-corrected chi connectivity index (χ3v) is 5.65. The second kappa shape index (κ2) is 12.9. The molecule has 0 aromatic rings. The van der Waals surface area contributed by atoms with E-state index >= 15 is 0 Å². The van der Waals surface area contributed by atoms with Crippen molar-refractivity contribution in [2.24, 2.45) is 0 Å². The van der Waals surface area contributed by atoms with Gasteiger partial charge in [0, 0.05) is 0 Å². The van der Waals surface area contributed by atoms with E-state index in [1.165, 1.54) is 0 Å². The van der Waals surface area contributed by atoms with E-state index in [9.17, 15) is 55.9 Å². The van der Waals surface area contributed by atoms with Crippen molar-refractivity contribution in [1.29, 1.82) is 0 Å². The lowest BCUT2D eigenvalue weighted by Crippen LogP contribution is -2.65. The molecule has 0 amide bonds. The number of aliphatic hydroxyl groups is 11. The molecule has 0 saturated carbocycles. The van der Waals surface area contributed by atoms with Gasteiger partial charge in [-0.05, 0) is 0 Å². The summed E-state index contributed by atoms with van der Waals surface area (Å²) in [5.41, 5.74) is 0. The Balaban J connectivity index is 2.25. The van der Waals surface area contributed by atoms with E-state index in [-0.39, 0.29) is 6.29 Å². The average Bonchev–Trinajstić information content (AvgIpc) is 2.84. The molecule has 0 aromatic heterocycles. The summed E-state index contributed by atoms with van der Waals surface area (Å²) in [6.07, 6.45) is -25.7. The minimum atomic E-state index is -2.07. The quantitative estimate of drug-likeness (QED) is 0.117. The summed E-state index contributed by atoms with van der Waals surface area (Å²) < 4.78 is 21.0. The fraction of sp³-hybridized carbons (Fsp3) is 0.944. The summed E-state index contributed by atoms with van der Waals surface area (Å²) in [6, 6.07) is 0. The molecule has 2 aliphatic heterocycles. The molecule has 0 aliphatic carbocycles. The topological polar surface area (TPSA) is 277 Å². The van der Waals surface area contributed by atoms with Crippen LogP contribution >= 0.6 is 0 Å². The minimum Gasteiger partial charge on any atom is -0.394 e. The maximum atomic E-state index is 11.0. The highest BCUT2D eigenvalue weighted by Gasteiger charge is 2.52. The summed E-state index contributed by atoms with van der Waals surface area (Å²) in [6.45, 7) is -2.64. The minimum absolute atomic E-state index is 0.0620. The molecule has 14 atom stereocenters. The first-order valence-corrected chi connectivity index (χ1v) is 10.4. The van der Waals surface area contributed by atoms with Crippen LogP contribution in [0.2, 0.25) is 0 Å². The van der Waals surface area contributed by atoms with Gasteiger partial charge in [0.05, 0.1) is 19.8 Å². The lowest BCUT2D eigenvalue weighted by molar-refractivity contribution is -0.368. The number of rotatable bonds is 11. The van der Waals surface area contributed by atoms with E-state index in [0.717, 1.165) is 0 Å². The molecule has 2 rings (SSSR count). The highest BCUT2D eigenvalue weighted by Crippen LogP contribution is 2.30. The highest BCUT2D eigenvalue weighted by atomic mass is 16.7. The van der Waals surface area contributed by atoms with Crippen LogP contribution in [0.5, 0.6) is 0 Å². The number of hydrogen-bond donors (Lipinski definition) is 11. The van der Waals surface area contributed by atoms with Gasteiger partial charge in [-0.2, -0.15) is 0 Å². The fourth-order valence-corrected chi connectivity index (χ4v) is 3.58. The molecule has 0 aromatic carbocycles. The SMILES string of the molecule is O=CC(O)C(OC1OC(CO)C(O)C(OC2OC(CO)C(O)C(O)C2O)C1O)C(O)C(O)CO.